The van der Waals surface area contributed by atoms with E-state index in [1.807, 2.05) is 0 Å². The zero-order valence-corrected chi connectivity index (χ0v) is 9.73. The van der Waals surface area contributed by atoms with Gasteiger partial charge >= 0.3 is 5.97 Å². The van der Waals surface area contributed by atoms with Crippen molar-refractivity contribution in [3.05, 3.63) is 12.4 Å². The van der Waals surface area contributed by atoms with Gasteiger partial charge in [-0.25, -0.2) is 0 Å². The first-order chi connectivity index (χ1) is 7.51. The Hall–Kier alpha value is -1.56. The third-order valence-electron chi connectivity index (χ3n) is 2.71. The number of nitrogens with one attached hydrogen (secondary N) is 1. The quantitative estimate of drug-likeness (QED) is 0.733. The Morgan fingerprint density at radius 3 is 2.88 bits per heavy atom. The molecular formula is C10H17N3O3. The monoisotopic (exact) mass is 227 g/mol. The molecule has 0 saturated carbocycles. The highest BCUT2D eigenvalue weighted by atomic mass is 16.5. The van der Waals surface area contributed by atoms with Crippen molar-refractivity contribution in [3.8, 4) is 5.75 Å². The lowest BCUT2D eigenvalue weighted by Gasteiger charge is -2.23. The molecular weight excluding hydrogens is 210 g/mol. The first kappa shape index (κ1) is 12.5. The van der Waals surface area contributed by atoms with Gasteiger partial charge < -0.3 is 15.2 Å². The predicted octanol–water partition coefficient (Wildman–Crippen LogP) is 0.344. The maximum absolute atomic E-state index is 11.0. The van der Waals surface area contributed by atoms with Gasteiger partial charge in [0.05, 0.1) is 19.5 Å². The Morgan fingerprint density at radius 1 is 1.75 bits per heavy atom. The number of nitrogens with zero attached hydrogens (tertiary/aromatic N) is 2. The Balaban J connectivity index is 2.59. The van der Waals surface area contributed by atoms with Crippen molar-refractivity contribution in [1.82, 2.24) is 15.1 Å². The van der Waals surface area contributed by atoms with Crippen LogP contribution in [0, 0.1) is 0 Å². The summed E-state index contributed by atoms with van der Waals surface area (Å²) >= 11 is 0. The van der Waals surface area contributed by atoms with Crippen LogP contribution in [0.2, 0.25) is 0 Å². The molecule has 0 aliphatic carbocycles. The van der Waals surface area contributed by atoms with E-state index in [4.69, 9.17) is 9.84 Å². The zero-order chi connectivity index (χ0) is 12.2. The number of rotatable bonds is 6. The summed E-state index contributed by atoms with van der Waals surface area (Å²) in [7, 11) is 3.20. The summed E-state index contributed by atoms with van der Waals surface area (Å²) in [5.74, 6) is -0.199. The number of hydrogen-bond acceptors (Lipinski definition) is 4. The molecule has 1 unspecified atom stereocenters. The van der Waals surface area contributed by atoms with Crippen LogP contribution in [0.5, 0.6) is 5.75 Å². The fourth-order valence-electron chi connectivity index (χ4n) is 1.25. The second-order valence-electron chi connectivity index (χ2n) is 3.78. The first-order valence-corrected chi connectivity index (χ1v) is 5.00. The van der Waals surface area contributed by atoms with Gasteiger partial charge in [-0.3, -0.25) is 9.48 Å². The Labute approximate surface area is 94.2 Å². The van der Waals surface area contributed by atoms with E-state index in [2.05, 4.69) is 10.4 Å². The van der Waals surface area contributed by atoms with Crippen molar-refractivity contribution in [3.63, 3.8) is 0 Å². The summed E-state index contributed by atoms with van der Waals surface area (Å²) < 4.78 is 6.65. The van der Waals surface area contributed by atoms with Crippen LogP contribution < -0.4 is 10.1 Å². The molecule has 16 heavy (non-hydrogen) atoms. The van der Waals surface area contributed by atoms with Crippen LogP contribution in [0.15, 0.2) is 12.4 Å². The molecule has 0 aromatic carbocycles. The summed E-state index contributed by atoms with van der Waals surface area (Å²) in [6.45, 7) is 2.17. The molecule has 0 aliphatic heterocycles. The number of aliphatic carboxylic acids is 1. The van der Waals surface area contributed by atoms with Gasteiger partial charge in [0, 0.05) is 6.54 Å². The average molecular weight is 227 g/mol. The minimum atomic E-state index is -0.931. The number of aryl methyl sites for hydroxylation is 1. The number of ether oxygens (including phenoxy) is 1. The van der Waals surface area contributed by atoms with Gasteiger partial charge in [0.15, 0.2) is 5.75 Å². The second-order valence-corrected chi connectivity index (χ2v) is 3.78. The number of carbonyl (C=O) groups is 1. The molecule has 0 aliphatic rings. The molecule has 90 valence electrons. The Kier molecular flexibility index (Phi) is 3.89. The standard InChI is InChI=1S/C10H17N3O3/c1-10(11-2,9(14)15)4-5-13-7-8(16-3)6-12-13/h6-7,11H,4-5H2,1-3H3,(H,14,15). The van der Waals surface area contributed by atoms with E-state index < -0.39 is 11.5 Å². The van der Waals surface area contributed by atoms with Gasteiger partial charge in [-0.05, 0) is 20.4 Å². The summed E-state index contributed by atoms with van der Waals surface area (Å²) in [4.78, 5) is 11.0. The van der Waals surface area contributed by atoms with E-state index in [-0.39, 0.29) is 0 Å². The van der Waals surface area contributed by atoms with E-state index in [1.54, 1.807) is 38.2 Å². The van der Waals surface area contributed by atoms with Crippen LogP contribution in [0.25, 0.3) is 0 Å². The fraction of sp³-hybridized carbons (Fsp3) is 0.600. The molecule has 0 spiro atoms. The molecule has 1 rings (SSSR count). The van der Waals surface area contributed by atoms with Crippen LogP contribution in [-0.4, -0.2) is 40.6 Å². The topological polar surface area (TPSA) is 76.4 Å². The molecule has 2 N–H and O–H groups in total. The number of likely N-dealkylation sites (N-methyl/N-ethyl adjacent to an activating group) is 1. The maximum atomic E-state index is 11.0. The average Bonchev–Trinajstić information content (AvgIpc) is 2.73. The lowest BCUT2D eigenvalue weighted by atomic mass is 9.98. The van der Waals surface area contributed by atoms with Crippen molar-refractivity contribution in [2.75, 3.05) is 14.2 Å². The minimum Gasteiger partial charge on any atom is -0.493 e. The first-order valence-electron chi connectivity index (χ1n) is 5.00. The van der Waals surface area contributed by atoms with E-state index in [0.29, 0.717) is 18.7 Å². The number of carboxylic acid groups (broad SMARTS) is 1. The highest BCUT2D eigenvalue weighted by Gasteiger charge is 2.30. The minimum absolute atomic E-state index is 0.448. The van der Waals surface area contributed by atoms with Gasteiger partial charge in [-0.2, -0.15) is 5.10 Å². The molecule has 1 aromatic rings. The molecule has 6 nitrogen and oxygen atoms in total. The van der Waals surface area contributed by atoms with Crippen molar-refractivity contribution in [2.24, 2.45) is 0 Å². The van der Waals surface area contributed by atoms with Gasteiger partial charge in [0.25, 0.3) is 0 Å². The van der Waals surface area contributed by atoms with E-state index >= 15 is 0 Å². The maximum Gasteiger partial charge on any atom is 0.323 e. The zero-order valence-electron chi connectivity index (χ0n) is 9.73. The third kappa shape index (κ3) is 2.73. The Bertz CT molecular complexity index is 364. The largest absolute Gasteiger partial charge is 0.493 e. The lowest BCUT2D eigenvalue weighted by molar-refractivity contribution is -0.144. The highest BCUT2D eigenvalue weighted by molar-refractivity contribution is 5.78. The molecule has 6 heteroatoms. The van der Waals surface area contributed by atoms with E-state index in [0.717, 1.165) is 0 Å². The smallest absolute Gasteiger partial charge is 0.323 e. The molecule has 1 heterocycles. The molecule has 0 fully saturated rings. The fourth-order valence-corrected chi connectivity index (χ4v) is 1.25. The summed E-state index contributed by atoms with van der Waals surface area (Å²) in [5.41, 5.74) is -0.931. The molecule has 0 bridgehead atoms. The summed E-state index contributed by atoms with van der Waals surface area (Å²) in [6.07, 6.45) is 3.78. The number of carboxylic acids is 1. The van der Waals surface area contributed by atoms with Crippen molar-refractivity contribution < 1.29 is 14.6 Å². The van der Waals surface area contributed by atoms with E-state index in [9.17, 15) is 4.79 Å². The predicted molar refractivity (Wildman–Crippen MR) is 58.5 cm³/mol. The summed E-state index contributed by atoms with van der Waals surface area (Å²) in [5, 5.41) is 15.9. The second kappa shape index (κ2) is 4.98. The van der Waals surface area contributed by atoms with Gasteiger partial charge in [0.1, 0.15) is 5.54 Å². The molecule has 1 aromatic heterocycles. The molecule has 1 atom stereocenters. The van der Waals surface area contributed by atoms with Crippen LogP contribution in [-0.2, 0) is 11.3 Å². The molecule has 0 amide bonds. The van der Waals surface area contributed by atoms with Crippen LogP contribution >= 0.6 is 0 Å². The number of hydrogen-bond donors (Lipinski definition) is 2. The van der Waals surface area contributed by atoms with Gasteiger partial charge in [-0.1, -0.05) is 0 Å². The van der Waals surface area contributed by atoms with Crippen molar-refractivity contribution in [1.29, 1.82) is 0 Å². The van der Waals surface area contributed by atoms with Crippen molar-refractivity contribution in [2.45, 2.75) is 25.4 Å². The van der Waals surface area contributed by atoms with Gasteiger partial charge in [0.2, 0.25) is 0 Å². The van der Waals surface area contributed by atoms with Crippen LogP contribution in [0.3, 0.4) is 0 Å². The van der Waals surface area contributed by atoms with Crippen LogP contribution in [0.4, 0.5) is 0 Å². The van der Waals surface area contributed by atoms with Crippen molar-refractivity contribution >= 4 is 5.97 Å². The Morgan fingerprint density at radius 2 is 2.44 bits per heavy atom. The SMILES string of the molecule is CNC(C)(CCn1cc(OC)cn1)C(=O)O. The van der Waals surface area contributed by atoms with Gasteiger partial charge in [-0.15, -0.1) is 0 Å². The van der Waals surface area contributed by atoms with Crippen LogP contribution in [0.1, 0.15) is 13.3 Å². The summed E-state index contributed by atoms with van der Waals surface area (Å²) in [6, 6.07) is 0. The van der Waals surface area contributed by atoms with E-state index in [1.165, 1.54) is 0 Å². The number of methoxy groups -OCH3 is 1. The normalized spacial score (nSPS) is 14.4. The molecule has 0 radical (unpaired) electrons. The highest BCUT2D eigenvalue weighted by Crippen LogP contribution is 2.13. The third-order valence-corrected chi connectivity index (χ3v) is 2.71. The lowest BCUT2D eigenvalue weighted by Crippen LogP contribution is -2.48. The number of aromatic nitrogens is 2. The molecule has 0 saturated heterocycles.